The molecule has 1 aliphatic carbocycles. The molecule has 1 atom stereocenters. The zero-order valence-corrected chi connectivity index (χ0v) is 14.3. The van der Waals surface area contributed by atoms with Crippen LogP contribution in [-0.2, 0) is 4.74 Å². The molecular weight excluding hydrogens is 306 g/mol. The molecule has 1 saturated carbocycles. The molecule has 2 heterocycles. The van der Waals surface area contributed by atoms with Gasteiger partial charge in [-0.05, 0) is 63.2 Å². The van der Waals surface area contributed by atoms with Gasteiger partial charge >= 0.3 is 6.03 Å². The molecule has 6 heteroatoms. The number of likely N-dealkylation sites (tertiary alicyclic amines) is 1. The van der Waals surface area contributed by atoms with Gasteiger partial charge in [-0.1, -0.05) is 0 Å². The van der Waals surface area contributed by atoms with Gasteiger partial charge in [0.2, 0.25) is 0 Å². The number of hydrogen-bond acceptors (Lipinski definition) is 4. The van der Waals surface area contributed by atoms with E-state index >= 15 is 0 Å². The highest BCUT2D eigenvalue weighted by atomic mass is 16.5. The van der Waals surface area contributed by atoms with Gasteiger partial charge in [-0.2, -0.15) is 0 Å². The molecule has 1 aromatic rings. The molecular formula is C18H29N3O3. The number of amides is 2. The van der Waals surface area contributed by atoms with Crippen LogP contribution in [-0.4, -0.2) is 50.3 Å². The van der Waals surface area contributed by atoms with Crippen LogP contribution in [0, 0.1) is 5.92 Å². The maximum absolute atomic E-state index is 12.0. The molecule has 2 fully saturated rings. The zero-order valence-electron chi connectivity index (χ0n) is 14.3. The number of furan rings is 1. The van der Waals surface area contributed by atoms with Crippen LogP contribution in [0.25, 0.3) is 0 Å². The van der Waals surface area contributed by atoms with E-state index in [-0.39, 0.29) is 12.1 Å². The summed E-state index contributed by atoms with van der Waals surface area (Å²) in [6.07, 6.45) is 7.60. The third kappa shape index (κ3) is 5.53. The topological polar surface area (TPSA) is 66.7 Å². The Bertz CT molecular complexity index is 482. The van der Waals surface area contributed by atoms with Crippen LogP contribution in [0.3, 0.4) is 0 Å². The van der Waals surface area contributed by atoms with Crippen molar-refractivity contribution in [2.24, 2.45) is 5.92 Å². The van der Waals surface area contributed by atoms with E-state index in [0.717, 1.165) is 44.4 Å². The molecule has 1 unspecified atom stereocenters. The number of nitrogens with zero attached hydrogens (tertiary/aromatic N) is 1. The lowest BCUT2D eigenvalue weighted by Crippen LogP contribution is -2.41. The average Bonchev–Trinajstić information content (AvgIpc) is 3.05. The van der Waals surface area contributed by atoms with E-state index in [9.17, 15) is 4.79 Å². The van der Waals surface area contributed by atoms with Gasteiger partial charge < -0.3 is 19.8 Å². The lowest BCUT2D eigenvalue weighted by molar-refractivity contribution is 0.122. The first-order valence-corrected chi connectivity index (χ1v) is 9.20. The number of ether oxygens (including phenoxy) is 1. The van der Waals surface area contributed by atoms with Crippen LogP contribution in [0.1, 0.15) is 43.9 Å². The number of carbonyl (C=O) groups excluding carboxylic acids is 1. The van der Waals surface area contributed by atoms with Crippen LogP contribution >= 0.6 is 0 Å². The Balaban J connectivity index is 1.32. The van der Waals surface area contributed by atoms with Gasteiger partial charge in [0.25, 0.3) is 0 Å². The summed E-state index contributed by atoms with van der Waals surface area (Å²) in [7, 11) is 0. The smallest absolute Gasteiger partial charge is 0.314 e. The largest absolute Gasteiger partial charge is 0.468 e. The number of hydrogen-bond donors (Lipinski definition) is 2. The second-order valence-electron chi connectivity index (χ2n) is 6.78. The predicted octanol–water partition coefficient (Wildman–Crippen LogP) is 2.53. The number of urea groups is 1. The average molecular weight is 335 g/mol. The summed E-state index contributed by atoms with van der Waals surface area (Å²) in [6, 6.07) is 3.89. The summed E-state index contributed by atoms with van der Waals surface area (Å²) < 4.78 is 11.1. The Morgan fingerprint density at radius 2 is 2.17 bits per heavy atom. The summed E-state index contributed by atoms with van der Waals surface area (Å²) in [5.74, 6) is 1.72. The van der Waals surface area contributed by atoms with Gasteiger partial charge in [0, 0.05) is 26.3 Å². The van der Waals surface area contributed by atoms with Gasteiger partial charge in [0.15, 0.2) is 0 Å². The van der Waals surface area contributed by atoms with Crippen molar-refractivity contribution >= 4 is 6.03 Å². The molecule has 0 aromatic carbocycles. The fraction of sp³-hybridized carbons (Fsp3) is 0.722. The molecule has 3 rings (SSSR count). The Morgan fingerprint density at radius 3 is 2.88 bits per heavy atom. The monoisotopic (exact) mass is 335 g/mol. The van der Waals surface area contributed by atoms with Crippen LogP contribution < -0.4 is 10.6 Å². The Labute approximate surface area is 143 Å². The fourth-order valence-corrected chi connectivity index (χ4v) is 3.11. The molecule has 0 spiro atoms. The predicted molar refractivity (Wildman–Crippen MR) is 91.8 cm³/mol. The van der Waals surface area contributed by atoms with Crippen molar-refractivity contribution in [3.05, 3.63) is 24.2 Å². The zero-order chi connectivity index (χ0) is 16.6. The maximum Gasteiger partial charge on any atom is 0.314 e. The highest BCUT2D eigenvalue weighted by Crippen LogP contribution is 2.28. The molecule has 2 aliphatic rings. The highest BCUT2D eigenvalue weighted by molar-refractivity contribution is 5.73. The first kappa shape index (κ1) is 17.3. The van der Waals surface area contributed by atoms with E-state index in [1.54, 1.807) is 6.26 Å². The first-order valence-electron chi connectivity index (χ1n) is 9.20. The van der Waals surface area contributed by atoms with Crippen molar-refractivity contribution in [2.75, 3.05) is 39.4 Å². The summed E-state index contributed by atoms with van der Waals surface area (Å²) in [5.41, 5.74) is 0. The van der Waals surface area contributed by atoms with Gasteiger partial charge in [-0.15, -0.1) is 0 Å². The molecule has 1 saturated heterocycles. The maximum atomic E-state index is 12.0. The number of carbonyl (C=O) groups is 1. The van der Waals surface area contributed by atoms with E-state index in [4.69, 9.17) is 9.15 Å². The number of nitrogens with one attached hydrogen (secondary N) is 2. The van der Waals surface area contributed by atoms with Crippen LogP contribution in [0.5, 0.6) is 0 Å². The van der Waals surface area contributed by atoms with Gasteiger partial charge in [0.05, 0.1) is 12.3 Å². The van der Waals surface area contributed by atoms with Gasteiger partial charge in [-0.25, -0.2) is 4.79 Å². The Kier molecular flexibility index (Phi) is 6.55. The summed E-state index contributed by atoms with van der Waals surface area (Å²) >= 11 is 0. The molecule has 24 heavy (non-hydrogen) atoms. The van der Waals surface area contributed by atoms with Gasteiger partial charge in [-0.3, -0.25) is 4.90 Å². The normalized spacial score (nSPS) is 19.3. The standard InChI is InChI=1S/C18H29N3O3/c22-18(19-8-4-11-23-14-15-6-7-15)20-13-16(17-5-3-12-24-17)21-9-1-2-10-21/h3,5,12,15-16H,1-2,4,6-11,13-14H2,(H2,19,20,22). The lowest BCUT2D eigenvalue weighted by atomic mass is 10.2. The Hall–Kier alpha value is -1.53. The minimum atomic E-state index is -0.118. The summed E-state index contributed by atoms with van der Waals surface area (Å²) in [6.45, 7) is 4.94. The second kappa shape index (κ2) is 9.08. The molecule has 0 bridgehead atoms. The minimum absolute atomic E-state index is 0.118. The first-order chi connectivity index (χ1) is 11.8. The van der Waals surface area contributed by atoms with E-state index in [1.807, 2.05) is 12.1 Å². The van der Waals surface area contributed by atoms with E-state index in [0.29, 0.717) is 13.1 Å². The SMILES string of the molecule is O=C(NCCCOCC1CC1)NCC(c1ccco1)N1CCCC1. The molecule has 2 N–H and O–H groups in total. The highest BCUT2D eigenvalue weighted by Gasteiger charge is 2.25. The van der Waals surface area contributed by atoms with E-state index < -0.39 is 0 Å². The van der Waals surface area contributed by atoms with Crippen molar-refractivity contribution in [1.82, 2.24) is 15.5 Å². The van der Waals surface area contributed by atoms with Crippen molar-refractivity contribution in [1.29, 1.82) is 0 Å². The van der Waals surface area contributed by atoms with E-state index in [2.05, 4.69) is 15.5 Å². The Morgan fingerprint density at radius 1 is 1.33 bits per heavy atom. The fourth-order valence-electron chi connectivity index (χ4n) is 3.11. The molecule has 6 nitrogen and oxygen atoms in total. The van der Waals surface area contributed by atoms with Crippen molar-refractivity contribution in [2.45, 2.75) is 38.1 Å². The molecule has 1 aromatic heterocycles. The second-order valence-corrected chi connectivity index (χ2v) is 6.78. The third-order valence-electron chi connectivity index (χ3n) is 4.71. The lowest BCUT2D eigenvalue weighted by Gasteiger charge is -2.26. The number of rotatable bonds is 10. The molecule has 0 radical (unpaired) electrons. The van der Waals surface area contributed by atoms with Crippen LogP contribution in [0.2, 0.25) is 0 Å². The van der Waals surface area contributed by atoms with Crippen LogP contribution in [0.4, 0.5) is 4.79 Å². The van der Waals surface area contributed by atoms with Crippen molar-refractivity contribution < 1.29 is 13.9 Å². The summed E-state index contributed by atoms with van der Waals surface area (Å²) in [5, 5.41) is 5.87. The third-order valence-corrected chi connectivity index (χ3v) is 4.71. The van der Waals surface area contributed by atoms with Gasteiger partial charge in [0.1, 0.15) is 5.76 Å². The molecule has 1 aliphatic heterocycles. The summed E-state index contributed by atoms with van der Waals surface area (Å²) in [4.78, 5) is 14.4. The molecule has 134 valence electrons. The van der Waals surface area contributed by atoms with E-state index in [1.165, 1.54) is 25.7 Å². The molecule has 2 amide bonds. The van der Waals surface area contributed by atoms with Crippen molar-refractivity contribution in [3.8, 4) is 0 Å². The quantitative estimate of drug-likeness (QED) is 0.645. The van der Waals surface area contributed by atoms with Crippen LogP contribution in [0.15, 0.2) is 22.8 Å². The van der Waals surface area contributed by atoms with Crippen molar-refractivity contribution in [3.63, 3.8) is 0 Å². The minimum Gasteiger partial charge on any atom is -0.468 e.